The molecule has 1 aromatic rings. The Hall–Kier alpha value is -1.82. The maximum Gasteiger partial charge on any atom is 0.186 e. The van der Waals surface area contributed by atoms with Gasteiger partial charge in [-0.05, 0) is 49.3 Å². The standard InChI is InChI=1S/C20H33N3O2S/c1-4-6-7-8-9-10-11-14-25-18-13-12-17(15-19(18)24-3)16-22-23-20(26)21-5-2/h12-13,15-16H,4-11,14H2,1-3H3,(H2,21,23,26)/b22-16+. The van der Waals surface area contributed by atoms with E-state index in [9.17, 15) is 0 Å². The van der Waals surface area contributed by atoms with Gasteiger partial charge >= 0.3 is 0 Å². The molecule has 0 unspecified atom stereocenters. The van der Waals surface area contributed by atoms with E-state index in [0.717, 1.165) is 30.9 Å². The molecule has 0 aliphatic heterocycles. The third kappa shape index (κ3) is 9.61. The maximum absolute atomic E-state index is 5.87. The number of hydrogen-bond donors (Lipinski definition) is 2. The number of ether oxygens (including phenoxy) is 2. The van der Waals surface area contributed by atoms with E-state index in [1.165, 1.54) is 38.5 Å². The van der Waals surface area contributed by atoms with Gasteiger partial charge in [0.1, 0.15) is 0 Å². The molecule has 0 saturated heterocycles. The second-order valence-electron chi connectivity index (χ2n) is 6.11. The highest BCUT2D eigenvalue weighted by atomic mass is 32.1. The van der Waals surface area contributed by atoms with Crippen molar-refractivity contribution in [2.75, 3.05) is 20.3 Å². The van der Waals surface area contributed by atoms with E-state index >= 15 is 0 Å². The molecular weight excluding hydrogens is 346 g/mol. The Balaban J connectivity index is 2.38. The predicted octanol–water partition coefficient (Wildman–Crippen LogP) is 4.64. The van der Waals surface area contributed by atoms with E-state index in [-0.39, 0.29) is 0 Å². The maximum atomic E-state index is 5.87. The highest BCUT2D eigenvalue weighted by Crippen LogP contribution is 2.27. The van der Waals surface area contributed by atoms with E-state index in [2.05, 4.69) is 22.8 Å². The Labute approximate surface area is 163 Å². The van der Waals surface area contributed by atoms with Gasteiger partial charge in [-0.15, -0.1) is 0 Å². The predicted molar refractivity (Wildman–Crippen MR) is 113 cm³/mol. The molecule has 0 aromatic heterocycles. The molecule has 1 aromatic carbocycles. The van der Waals surface area contributed by atoms with Gasteiger partial charge in [0, 0.05) is 6.54 Å². The Bertz CT molecular complexity index is 550. The van der Waals surface area contributed by atoms with Gasteiger partial charge in [-0.25, -0.2) is 0 Å². The van der Waals surface area contributed by atoms with Gasteiger partial charge in [-0.2, -0.15) is 5.10 Å². The number of benzene rings is 1. The third-order valence-corrected chi connectivity index (χ3v) is 4.15. The van der Waals surface area contributed by atoms with Crippen molar-refractivity contribution in [2.45, 2.75) is 58.8 Å². The van der Waals surface area contributed by atoms with Crippen LogP contribution in [-0.4, -0.2) is 31.6 Å². The zero-order chi connectivity index (χ0) is 19.0. The van der Waals surface area contributed by atoms with Crippen LogP contribution in [0.15, 0.2) is 23.3 Å². The lowest BCUT2D eigenvalue weighted by atomic mass is 10.1. The minimum absolute atomic E-state index is 0.505. The fourth-order valence-corrected chi connectivity index (χ4v) is 2.69. The lowest BCUT2D eigenvalue weighted by Gasteiger charge is -2.11. The first-order valence-corrected chi connectivity index (χ1v) is 9.99. The summed E-state index contributed by atoms with van der Waals surface area (Å²) in [5.41, 5.74) is 3.68. The minimum atomic E-state index is 0.505. The van der Waals surface area contributed by atoms with Crippen molar-refractivity contribution in [1.82, 2.24) is 10.7 Å². The van der Waals surface area contributed by atoms with Gasteiger partial charge in [0.25, 0.3) is 0 Å². The quantitative estimate of drug-likeness (QED) is 0.226. The lowest BCUT2D eigenvalue weighted by molar-refractivity contribution is 0.284. The number of nitrogens with one attached hydrogen (secondary N) is 2. The molecule has 0 saturated carbocycles. The number of nitrogens with zero attached hydrogens (tertiary/aromatic N) is 1. The van der Waals surface area contributed by atoms with Crippen LogP contribution >= 0.6 is 12.2 Å². The van der Waals surface area contributed by atoms with Crippen LogP contribution in [0.4, 0.5) is 0 Å². The summed E-state index contributed by atoms with van der Waals surface area (Å²) in [5, 5.41) is 7.59. The molecule has 0 aliphatic rings. The normalized spacial score (nSPS) is 10.7. The van der Waals surface area contributed by atoms with Gasteiger partial charge in [-0.3, -0.25) is 5.43 Å². The number of methoxy groups -OCH3 is 1. The first-order valence-electron chi connectivity index (χ1n) is 9.59. The van der Waals surface area contributed by atoms with Crippen molar-refractivity contribution >= 4 is 23.5 Å². The summed E-state index contributed by atoms with van der Waals surface area (Å²) >= 11 is 5.06. The van der Waals surface area contributed by atoms with E-state index in [1.807, 2.05) is 25.1 Å². The first kappa shape index (κ1) is 22.2. The van der Waals surface area contributed by atoms with Crippen LogP contribution in [0.1, 0.15) is 64.4 Å². The molecular formula is C20H33N3O2S. The molecule has 146 valence electrons. The molecule has 0 bridgehead atoms. The Morgan fingerprint density at radius 1 is 1.08 bits per heavy atom. The van der Waals surface area contributed by atoms with Crippen LogP contribution in [0.2, 0.25) is 0 Å². The molecule has 2 N–H and O–H groups in total. The molecule has 1 rings (SSSR count). The fraction of sp³-hybridized carbons (Fsp3) is 0.600. The van der Waals surface area contributed by atoms with Crippen molar-refractivity contribution in [2.24, 2.45) is 5.10 Å². The summed E-state index contributed by atoms with van der Waals surface area (Å²) in [4.78, 5) is 0. The largest absolute Gasteiger partial charge is 0.493 e. The van der Waals surface area contributed by atoms with Crippen LogP contribution in [0.3, 0.4) is 0 Å². The van der Waals surface area contributed by atoms with Crippen molar-refractivity contribution < 1.29 is 9.47 Å². The highest BCUT2D eigenvalue weighted by Gasteiger charge is 2.05. The molecule has 5 nitrogen and oxygen atoms in total. The van der Waals surface area contributed by atoms with Gasteiger partial charge in [0.2, 0.25) is 0 Å². The summed E-state index contributed by atoms with van der Waals surface area (Å²) in [5.74, 6) is 1.48. The average molecular weight is 380 g/mol. The number of unbranched alkanes of at least 4 members (excludes halogenated alkanes) is 6. The second kappa shape index (κ2) is 14.4. The van der Waals surface area contributed by atoms with Crippen molar-refractivity contribution in [3.63, 3.8) is 0 Å². The summed E-state index contributed by atoms with van der Waals surface area (Å²) in [7, 11) is 1.65. The number of thiocarbonyl (C=S) groups is 1. The molecule has 0 radical (unpaired) electrons. The molecule has 26 heavy (non-hydrogen) atoms. The van der Waals surface area contributed by atoms with Crippen LogP contribution in [0, 0.1) is 0 Å². The topological polar surface area (TPSA) is 54.9 Å². The zero-order valence-electron chi connectivity index (χ0n) is 16.3. The van der Waals surface area contributed by atoms with Gasteiger partial charge in [-0.1, -0.05) is 45.4 Å². The Morgan fingerprint density at radius 2 is 1.81 bits per heavy atom. The molecule has 0 aliphatic carbocycles. The van der Waals surface area contributed by atoms with Crippen molar-refractivity contribution in [3.8, 4) is 11.5 Å². The molecule has 6 heteroatoms. The van der Waals surface area contributed by atoms with E-state index in [0.29, 0.717) is 10.9 Å². The summed E-state index contributed by atoms with van der Waals surface area (Å²) in [6.45, 7) is 5.71. The van der Waals surface area contributed by atoms with Gasteiger partial charge in [0.05, 0.1) is 19.9 Å². The number of rotatable bonds is 13. The summed E-state index contributed by atoms with van der Waals surface area (Å²) in [6, 6.07) is 5.77. The van der Waals surface area contributed by atoms with Gasteiger partial charge < -0.3 is 14.8 Å². The third-order valence-electron chi connectivity index (χ3n) is 3.91. The van der Waals surface area contributed by atoms with Crippen LogP contribution in [0.5, 0.6) is 11.5 Å². The summed E-state index contributed by atoms with van der Waals surface area (Å²) in [6.07, 6.45) is 10.6. The number of hydrazone groups is 1. The average Bonchev–Trinajstić information content (AvgIpc) is 2.64. The van der Waals surface area contributed by atoms with Crippen molar-refractivity contribution in [1.29, 1.82) is 0 Å². The monoisotopic (exact) mass is 379 g/mol. The molecule has 0 amide bonds. The van der Waals surface area contributed by atoms with Gasteiger partial charge in [0.15, 0.2) is 16.6 Å². The molecule has 0 spiro atoms. The van der Waals surface area contributed by atoms with Crippen LogP contribution < -0.4 is 20.2 Å². The van der Waals surface area contributed by atoms with Crippen LogP contribution in [-0.2, 0) is 0 Å². The fourth-order valence-electron chi connectivity index (χ4n) is 2.49. The Kier molecular flexibility index (Phi) is 12.3. The highest BCUT2D eigenvalue weighted by molar-refractivity contribution is 7.80. The number of hydrogen-bond acceptors (Lipinski definition) is 4. The summed E-state index contributed by atoms with van der Waals surface area (Å²) < 4.78 is 11.3. The minimum Gasteiger partial charge on any atom is -0.493 e. The van der Waals surface area contributed by atoms with E-state index in [4.69, 9.17) is 21.7 Å². The zero-order valence-corrected chi connectivity index (χ0v) is 17.2. The molecule has 0 fully saturated rings. The van der Waals surface area contributed by atoms with E-state index < -0.39 is 0 Å². The first-order chi connectivity index (χ1) is 12.7. The van der Waals surface area contributed by atoms with Crippen LogP contribution in [0.25, 0.3) is 0 Å². The molecule has 0 heterocycles. The van der Waals surface area contributed by atoms with Crippen molar-refractivity contribution in [3.05, 3.63) is 23.8 Å². The lowest BCUT2D eigenvalue weighted by Crippen LogP contribution is -2.31. The Morgan fingerprint density at radius 3 is 2.50 bits per heavy atom. The molecule has 0 atom stereocenters. The second-order valence-corrected chi connectivity index (χ2v) is 6.52. The SMILES string of the molecule is CCCCCCCCCOc1ccc(/C=N/NC(=S)NCC)cc1OC. The van der Waals surface area contributed by atoms with E-state index in [1.54, 1.807) is 13.3 Å². The smallest absolute Gasteiger partial charge is 0.186 e.